The summed E-state index contributed by atoms with van der Waals surface area (Å²) in [6.45, 7) is 3.79. The number of carbonyl (C=O) groups is 2. The number of nitrogen functional groups attached to an aromatic ring is 1. The molecule has 4 heterocycles. The average molecular weight is 607 g/mol. The highest BCUT2D eigenvalue weighted by Crippen LogP contribution is 2.42. The second-order valence-electron chi connectivity index (χ2n) is 9.18. The van der Waals surface area contributed by atoms with E-state index >= 15 is 0 Å². The van der Waals surface area contributed by atoms with E-state index in [1.165, 1.54) is 18.1 Å². The number of carbonyl (C=O) groups excluding carboxylic acids is 2. The third kappa shape index (κ3) is 5.52. The standard InChI is InChI=1S/C24H28BrN7O5S/c1-13(29-19(34)11-33)23(35)31-4-2-14(3-5-31)10-32-22-20(21(26)27-12-28-22)30-24(32)38-18-9-17-16(8-15(18)25)36-6-7-37-17/h8-9,12-14,33H,2-7,10-11H2,1H3,(H,29,34)(H2,26,27,28)/t13-/m0/s1. The number of benzene rings is 1. The molecule has 1 fully saturated rings. The number of fused-ring (bicyclic) bond motifs is 2. The number of nitrogens with two attached hydrogens (primary N) is 1. The molecule has 0 bridgehead atoms. The molecule has 4 N–H and O–H groups in total. The minimum Gasteiger partial charge on any atom is -0.486 e. The van der Waals surface area contributed by atoms with Crippen LogP contribution < -0.4 is 20.5 Å². The number of hydrogen-bond acceptors (Lipinski definition) is 10. The van der Waals surface area contributed by atoms with Gasteiger partial charge in [0, 0.05) is 29.0 Å². The van der Waals surface area contributed by atoms with Gasteiger partial charge in [0.25, 0.3) is 0 Å². The van der Waals surface area contributed by atoms with Crippen LogP contribution in [0.15, 0.2) is 33.0 Å². The molecule has 0 saturated carbocycles. The molecular weight excluding hydrogens is 578 g/mol. The first kappa shape index (κ1) is 26.5. The zero-order valence-electron chi connectivity index (χ0n) is 20.7. The predicted octanol–water partition coefficient (Wildman–Crippen LogP) is 1.83. The molecule has 38 heavy (non-hydrogen) atoms. The Labute approximate surface area is 231 Å². The van der Waals surface area contributed by atoms with Crippen molar-refractivity contribution in [2.45, 2.75) is 42.4 Å². The van der Waals surface area contributed by atoms with Gasteiger partial charge in [-0.05, 0) is 53.7 Å². The predicted molar refractivity (Wildman–Crippen MR) is 143 cm³/mol. The Kier molecular flexibility index (Phi) is 7.91. The quantitative estimate of drug-likeness (QED) is 0.363. The van der Waals surface area contributed by atoms with Crippen LogP contribution in [-0.2, 0) is 16.1 Å². The Balaban J connectivity index is 1.34. The molecule has 202 valence electrons. The second kappa shape index (κ2) is 11.3. The lowest BCUT2D eigenvalue weighted by Gasteiger charge is -2.34. The Bertz CT molecular complexity index is 1360. The van der Waals surface area contributed by atoms with E-state index in [1.807, 2.05) is 12.1 Å². The summed E-state index contributed by atoms with van der Waals surface area (Å²) in [5, 5.41) is 12.2. The lowest BCUT2D eigenvalue weighted by atomic mass is 9.96. The van der Waals surface area contributed by atoms with Crippen molar-refractivity contribution in [3.63, 3.8) is 0 Å². The highest BCUT2D eigenvalue weighted by molar-refractivity contribution is 9.10. The highest BCUT2D eigenvalue weighted by Gasteiger charge is 2.28. The summed E-state index contributed by atoms with van der Waals surface area (Å²) in [4.78, 5) is 40.2. The maximum absolute atomic E-state index is 12.7. The smallest absolute Gasteiger partial charge is 0.246 e. The maximum atomic E-state index is 12.7. The molecule has 12 nitrogen and oxygen atoms in total. The highest BCUT2D eigenvalue weighted by atomic mass is 79.9. The summed E-state index contributed by atoms with van der Waals surface area (Å²) in [5.74, 6) is 1.25. The van der Waals surface area contributed by atoms with Gasteiger partial charge in [-0.3, -0.25) is 9.59 Å². The van der Waals surface area contributed by atoms with Crippen LogP contribution in [0.2, 0.25) is 0 Å². The SMILES string of the molecule is C[C@H](NC(=O)CO)C(=O)N1CCC(Cn2c(Sc3cc4c(cc3Br)OCCO4)nc3c(N)ncnc32)CC1. The van der Waals surface area contributed by atoms with Crippen molar-refractivity contribution >= 4 is 56.5 Å². The number of hydrogen-bond donors (Lipinski definition) is 3. The molecule has 0 unspecified atom stereocenters. The zero-order chi connectivity index (χ0) is 26.8. The van der Waals surface area contributed by atoms with Crippen molar-refractivity contribution in [2.24, 2.45) is 5.92 Å². The van der Waals surface area contributed by atoms with Gasteiger partial charge in [0.2, 0.25) is 11.8 Å². The summed E-state index contributed by atoms with van der Waals surface area (Å²) >= 11 is 5.12. The zero-order valence-corrected chi connectivity index (χ0v) is 23.1. The van der Waals surface area contributed by atoms with E-state index in [-0.39, 0.29) is 11.8 Å². The average Bonchev–Trinajstić information content (AvgIpc) is 3.27. The number of anilines is 1. The molecular formula is C24H28BrN7O5S. The molecule has 2 aliphatic rings. The molecule has 1 aromatic carbocycles. The first-order valence-electron chi connectivity index (χ1n) is 12.3. The van der Waals surface area contributed by atoms with Crippen molar-refractivity contribution in [3.8, 4) is 11.5 Å². The third-order valence-corrected chi connectivity index (χ3v) is 8.55. The number of imidazole rings is 1. The van der Waals surface area contributed by atoms with E-state index in [4.69, 9.17) is 25.3 Å². The van der Waals surface area contributed by atoms with Gasteiger partial charge >= 0.3 is 0 Å². The number of amides is 2. The number of aromatic nitrogens is 4. The Morgan fingerprint density at radius 3 is 2.66 bits per heavy atom. The fraction of sp³-hybridized carbons (Fsp3) is 0.458. The summed E-state index contributed by atoms with van der Waals surface area (Å²) in [6.07, 6.45) is 3.00. The van der Waals surface area contributed by atoms with Crippen molar-refractivity contribution < 1.29 is 24.2 Å². The summed E-state index contributed by atoms with van der Waals surface area (Å²) in [7, 11) is 0. The van der Waals surface area contributed by atoms with Crippen molar-refractivity contribution in [1.82, 2.24) is 29.7 Å². The van der Waals surface area contributed by atoms with E-state index in [0.29, 0.717) is 61.3 Å². The Hall–Kier alpha value is -3.10. The Morgan fingerprint density at radius 1 is 1.24 bits per heavy atom. The van der Waals surface area contributed by atoms with Crippen molar-refractivity contribution in [1.29, 1.82) is 0 Å². The molecule has 14 heteroatoms. The van der Waals surface area contributed by atoms with Crippen molar-refractivity contribution in [3.05, 3.63) is 22.9 Å². The van der Waals surface area contributed by atoms with Crippen LogP contribution in [-0.4, -0.2) is 80.3 Å². The normalized spacial score (nSPS) is 16.4. The number of ether oxygens (including phenoxy) is 2. The molecule has 5 rings (SSSR count). The topological polar surface area (TPSA) is 158 Å². The van der Waals surface area contributed by atoms with Gasteiger partial charge in [0.1, 0.15) is 32.2 Å². The fourth-order valence-electron chi connectivity index (χ4n) is 4.62. The number of rotatable bonds is 7. The van der Waals surface area contributed by atoms with E-state index in [9.17, 15) is 9.59 Å². The van der Waals surface area contributed by atoms with E-state index < -0.39 is 18.6 Å². The van der Waals surface area contributed by atoms with Crippen LogP contribution >= 0.6 is 27.7 Å². The summed E-state index contributed by atoms with van der Waals surface area (Å²) in [6, 6.07) is 3.15. The largest absolute Gasteiger partial charge is 0.486 e. The van der Waals surface area contributed by atoms with Gasteiger partial charge in [-0.1, -0.05) is 11.8 Å². The van der Waals surface area contributed by atoms with E-state index in [0.717, 1.165) is 27.4 Å². The number of nitrogens with zero attached hydrogens (tertiary/aromatic N) is 5. The van der Waals surface area contributed by atoms with E-state index in [1.54, 1.807) is 11.8 Å². The summed E-state index contributed by atoms with van der Waals surface area (Å²) < 4.78 is 14.4. The Morgan fingerprint density at radius 2 is 1.95 bits per heavy atom. The maximum Gasteiger partial charge on any atom is 0.246 e. The number of nitrogens with one attached hydrogen (secondary N) is 1. The first-order chi connectivity index (χ1) is 18.3. The number of aliphatic hydroxyl groups excluding tert-OH is 1. The van der Waals surface area contributed by atoms with E-state index in [2.05, 4.69) is 35.8 Å². The van der Waals surface area contributed by atoms with Gasteiger partial charge in [-0.2, -0.15) is 0 Å². The van der Waals surface area contributed by atoms with Crippen LogP contribution in [0.25, 0.3) is 11.2 Å². The van der Waals surface area contributed by atoms with Gasteiger partial charge in [0.15, 0.2) is 33.6 Å². The van der Waals surface area contributed by atoms with Crippen LogP contribution in [0.3, 0.4) is 0 Å². The molecule has 2 aromatic heterocycles. The monoisotopic (exact) mass is 605 g/mol. The van der Waals surface area contributed by atoms with Gasteiger partial charge in [-0.25, -0.2) is 15.0 Å². The minimum atomic E-state index is -0.684. The second-order valence-corrected chi connectivity index (χ2v) is 11.0. The minimum absolute atomic E-state index is 0.154. The van der Waals surface area contributed by atoms with Crippen LogP contribution in [0.1, 0.15) is 19.8 Å². The first-order valence-corrected chi connectivity index (χ1v) is 13.9. The molecule has 0 aliphatic carbocycles. The van der Waals surface area contributed by atoms with Crippen molar-refractivity contribution in [2.75, 3.05) is 38.6 Å². The number of halogens is 1. The van der Waals surface area contributed by atoms with Gasteiger partial charge in [0.05, 0.1) is 0 Å². The fourth-order valence-corrected chi connectivity index (χ4v) is 6.11. The lowest BCUT2D eigenvalue weighted by Crippen LogP contribution is -2.50. The molecule has 2 aliphatic heterocycles. The van der Waals surface area contributed by atoms with Crippen LogP contribution in [0.4, 0.5) is 5.82 Å². The number of aliphatic hydroxyl groups is 1. The number of likely N-dealkylation sites (tertiary alicyclic amines) is 1. The molecule has 2 amide bonds. The molecule has 0 radical (unpaired) electrons. The summed E-state index contributed by atoms with van der Waals surface area (Å²) in [5.41, 5.74) is 7.34. The molecule has 0 spiro atoms. The number of piperidine rings is 1. The van der Waals surface area contributed by atoms with Crippen LogP contribution in [0.5, 0.6) is 11.5 Å². The van der Waals surface area contributed by atoms with Gasteiger partial charge < -0.3 is 35.1 Å². The molecule has 3 aromatic rings. The third-order valence-electron chi connectivity index (χ3n) is 6.58. The van der Waals surface area contributed by atoms with Crippen LogP contribution in [0, 0.1) is 5.92 Å². The molecule has 1 atom stereocenters. The molecule has 1 saturated heterocycles. The van der Waals surface area contributed by atoms with Gasteiger partial charge in [-0.15, -0.1) is 0 Å². The lowest BCUT2D eigenvalue weighted by molar-refractivity contribution is -0.137.